The minimum Gasteiger partial charge on any atom is -0.469 e. The summed E-state index contributed by atoms with van der Waals surface area (Å²) in [6.07, 6.45) is 7.89. The molecule has 1 amide bonds. The van der Waals surface area contributed by atoms with Gasteiger partial charge in [0.15, 0.2) is 6.19 Å². The van der Waals surface area contributed by atoms with Gasteiger partial charge in [-0.2, -0.15) is 5.26 Å². The van der Waals surface area contributed by atoms with Gasteiger partial charge in [0.2, 0.25) is 5.91 Å². The highest BCUT2D eigenvalue weighted by Gasteiger charge is 2.58. The molecule has 0 bridgehead atoms. The Morgan fingerprint density at radius 2 is 2.11 bits per heavy atom. The largest absolute Gasteiger partial charge is 0.469 e. The number of ether oxygens (including phenoxy) is 1. The van der Waals surface area contributed by atoms with Crippen molar-refractivity contribution < 1.29 is 19.4 Å². The first-order valence-electron chi connectivity index (χ1n) is 13.2. The van der Waals surface area contributed by atoms with Crippen molar-refractivity contribution in [1.29, 1.82) is 5.26 Å². The van der Waals surface area contributed by atoms with Crippen LogP contribution in [-0.4, -0.2) is 62.7 Å². The lowest BCUT2D eigenvalue weighted by Gasteiger charge is -2.52. The quantitative estimate of drug-likeness (QED) is 0.452. The standard InChI is InChI=1S/C27H32N6O4/c1-37-25(35)24-18-12-23(32(15-28)13-17(18)8-9-22(24)34)27(19-4-2-3-5-20(19)29-26(27)36)10-11-33-14-21(30-31-33)16-6-7-16/h2-5,14,16-18,22-24,34H,6-13H2,1H3,(H,29,36)/t17-,18-,22-,23-,24+,27-/m0/s1. The number of amides is 1. The van der Waals surface area contributed by atoms with Crippen LogP contribution in [0.1, 0.15) is 55.7 Å². The zero-order chi connectivity index (χ0) is 25.7. The van der Waals surface area contributed by atoms with Crippen molar-refractivity contribution in [3.63, 3.8) is 0 Å². The van der Waals surface area contributed by atoms with E-state index in [4.69, 9.17) is 4.74 Å². The number of methoxy groups -OCH3 is 1. The Morgan fingerprint density at radius 1 is 1.30 bits per heavy atom. The number of fused-ring (bicyclic) bond motifs is 2. The smallest absolute Gasteiger partial charge is 0.311 e. The third kappa shape index (κ3) is 3.87. The van der Waals surface area contributed by atoms with Crippen LogP contribution in [0, 0.1) is 29.2 Å². The fraction of sp³-hybridized carbons (Fsp3) is 0.593. The lowest BCUT2D eigenvalue weighted by molar-refractivity contribution is -0.160. The molecule has 4 aliphatic rings. The molecule has 194 valence electrons. The summed E-state index contributed by atoms with van der Waals surface area (Å²) in [5, 5.41) is 32.8. The SMILES string of the molecule is COC(=O)[C@@H]1[C@H]2C[C@@H]([C@@]3(CCn4cc(C5CC5)nn4)C(=O)Nc4ccccc43)N(C#N)C[C@@H]2CC[C@@H]1O. The summed E-state index contributed by atoms with van der Waals surface area (Å²) in [5.41, 5.74) is 1.57. The van der Waals surface area contributed by atoms with E-state index < -0.39 is 29.4 Å². The van der Waals surface area contributed by atoms with E-state index in [9.17, 15) is 20.0 Å². The summed E-state index contributed by atoms with van der Waals surface area (Å²) in [4.78, 5) is 28.4. The Balaban J connectivity index is 1.39. The lowest BCUT2D eigenvalue weighted by atomic mass is 9.60. The van der Waals surface area contributed by atoms with Gasteiger partial charge >= 0.3 is 5.97 Å². The van der Waals surface area contributed by atoms with Gasteiger partial charge in [-0.3, -0.25) is 14.3 Å². The number of aliphatic hydroxyl groups is 1. The first kappa shape index (κ1) is 23.9. The molecule has 3 heterocycles. The molecule has 3 fully saturated rings. The first-order chi connectivity index (χ1) is 18.0. The Morgan fingerprint density at radius 3 is 2.86 bits per heavy atom. The first-order valence-corrected chi connectivity index (χ1v) is 13.2. The van der Waals surface area contributed by atoms with E-state index in [-0.39, 0.29) is 17.7 Å². The third-order valence-electron chi connectivity index (χ3n) is 9.14. The molecule has 0 radical (unpaired) electrons. The second kappa shape index (κ2) is 9.14. The number of nitrogens with zero attached hydrogens (tertiary/aromatic N) is 5. The Hall–Kier alpha value is -3.45. The normalized spacial score (nSPS) is 32.7. The Labute approximate surface area is 215 Å². The highest BCUT2D eigenvalue weighted by molar-refractivity contribution is 6.07. The number of carbonyl (C=O) groups is 2. The molecule has 2 aromatic rings. The van der Waals surface area contributed by atoms with Gasteiger partial charge in [0, 0.05) is 30.9 Å². The van der Waals surface area contributed by atoms with E-state index in [1.165, 1.54) is 7.11 Å². The van der Waals surface area contributed by atoms with Gasteiger partial charge in [-0.25, -0.2) is 0 Å². The van der Waals surface area contributed by atoms with Crippen molar-refractivity contribution in [1.82, 2.24) is 19.9 Å². The van der Waals surface area contributed by atoms with Gasteiger partial charge in [0.1, 0.15) is 0 Å². The summed E-state index contributed by atoms with van der Waals surface area (Å²) in [5.74, 6) is -0.874. The fourth-order valence-electron chi connectivity index (χ4n) is 7.10. The van der Waals surface area contributed by atoms with Crippen LogP contribution in [0.25, 0.3) is 0 Å². The lowest BCUT2D eigenvalue weighted by Crippen LogP contribution is -2.61. The summed E-state index contributed by atoms with van der Waals surface area (Å²) in [6, 6.07) is 7.17. The molecule has 2 aliphatic heterocycles. The molecule has 1 saturated heterocycles. The van der Waals surface area contributed by atoms with E-state index in [0.29, 0.717) is 38.3 Å². The number of carbonyl (C=O) groups excluding carboxylic acids is 2. The molecule has 6 rings (SSSR count). The van der Waals surface area contributed by atoms with Gasteiger partial charge in [0.25, 0.3) is 0 Å². The van der Waals surface area contributed by atoms with Crippen LogP contribution in [0.3, 0.4) is 0 Å². The van der Waals surface area contributed by atoms with Crippen molar-refractivity contribution >= 4 is 17.6 Å². The molecule has 37 heavy (non-hydrogen) atoms. The van der Waals surface area contributed by atoms with Gasteiger partial charge in [0.05, 0.1) is 36.3 Å². The molecule has 1 aromatic heterocycles. The molecular formula is C27H32N6O4. The molecule has 2 N–H and O–H groups in total. The molecule has 1 aromatic carbocycles. The zero-order valence-electron chi connectivity index (χ0n) is 20.9. The summed E-state index contributed by atoms with van der Waals surface area (Å²) in [7, 11) is 1.34. The Kier molecular flexibility index (Phi) is 5.91. The van der Waals surface area contributed by atoms with E-state index in [1.54, 1.807) is 9.58 Å². The van der Waals surface area contributed by atoms with Crippen molar-refractivity contribution in [3.05, 3.63) is 41.7 Å². The monoisotopic (exact) mass is 504 g/mol. The number of aliphatic hydroxyl groups excluding tert-OH is 1. The summed E-state index contributed by atoms with van der Waals surface area (Å²) < 4.78 is 6.88. The molecule has 2 aliphatic carbocycles. The second-order valence-corrected chi connectivity index (χ2v) is 11.0. The van der Waals surface area contributed by atoms with Crippen LogP contribution in [-0.2, 0) is 26.3 Å². The average Bonchev–Trinajstić information content (AvgIpc) is 3.58. The number of piperidine rings is 1. The number of hydrogen-bond donors (Lipinski definition) is 2. The molecule has 10 heteroatoms. The maximum absolute atomic E-state index is 13.9. The fourth-order valence-corrected chi connectivity index (χ4v) is 7.10. The maximum Gasteiger partial charge on any atom is 0.311 e. The van der Waals surface area contributed by atoms with Crippen molar-refractivity contribution in [3.8, 4) is 6.19 Å². The van der Waals surface area contributed by atoms with Crippen molar-refractivity contribution in [2.45, 2.75) is 68.5 Å². The minimum absolute atomic E-state index is 0.0663. The Bertz CT molecular complexity index is 1250. The number of anilines is 1. The summed E-state index contributed by atoms with van der Waals surface area (Å²) >= 11 is 0. The van der Waals surface area contributed by atoms with Crippen molar-refractivity contribution in [2.75, 3.05) is 19.0 Å². The van der Waals surface area contributed by atoms with Crippen LogP contribution in [0.5, 0.6) is 0 Å². The molecule has 2 saturated carbocycles. The number of rotatable bonds is 6. The molecule has 6 atom stereocenters. The predicted molar refractivity (Wildman–Crippen MR) is 132 cm³/mol. The molecule has 10 nitrogen and oxygen atoms in total. The van der Waals surface area contributed by atoms with Gasteiger partial charge in [-0.1, -0.05) is 23.4 Å². The van der Waals surface area contributed by atoms with E-state index >= 15 is 0 Å². The number of para-hydroxylation sites is 1. The van der Waals surface area contributed by atoms with E-state index in [0.717, 1.165) is 36.2 Å². The van der Waals surface area contributed by atoms with Crippen LogP contribution < -0.4 is 5.32 Å². The minimum atomic E-state index is -1.02. The summed E-state index contributed by atoms with van der Waals surface area (Å²) in [6.45, 7) is 0.910. The molecular weight excluding hydrogens is 472 g/mol. The zero-order valence-corrected chi connectivity index (χ0v) is 20.9. The van der Waals surface area contributed by atoms with E-state index in [1.807, 2.05) is 30.5 Å². The topological polar surface area (TPSA) is 133 Å². The van der Waals surface area contributed by atoms with Crippen molar-refractivity contribution in [2.24, 2.45) is 17.8 Å². The maximum atomic E-state index is 13.9. The van der Waals surface area contributed by atoms with Crippen LogP contribution >= 0.6 is 0 Å². The van der Waals surface area contributed by atoms with Gasteiger partial charge in [-0.05, 0) is 62.0 Å². The van der Waals surface area contributed by atoms with Crippen LogP contribution in [0.15, 0.2) is 30.5 Å². The molecule has 0 spiro atoms. The van der Waals surface area contributed by atoms with Gasteiger partial charge in [-0.15, -0.1) is 5.10 Å². The average molecular weight is 505 g/mol. The number of aromatic nitrogens is 3. The number of aryl methyl sites for hydroxylation is 1. The van der Waals surface area contributed by atoms with Crippen LogP contribution in [0.4, 0.5) is 5.69 Å². The number of benzene rings is 1. The predicted octanol–water partition coefficient (Wildman–Crippen LogP) is 2.17. The number of likely N-dealkylation sites (tertiary alicyclic amines) is 1. The number of hydrogen-bond acceptors (Lipinski definition) is 8. The van der Waals surface area contributed by atoms with Crippen LogP contribution in [0.2, 0.25) is 0 Å². The number of esters is 1. The van der Waals surface area contributed by atoms with E-state index in [2.05, 4.69) is 21.8 Å². The number of nitriles is 1. The highest BCUT2D eigenvalue weighted by atomic mass is 16.5. The van der Waals surface area contributed by atoms with Gasteiger partial charge < -0.3 is 20.1 Å². The number of nitrogens with one attached hydrogen (secondary N) is 1. The second-order valence-electron chi connectivity index (χ2n) is 11.0. The third-order valence-corrected chi connectivity index (χ3v) is 9.14. The highest BCUT2D eigenvalue weighted by Crippen LogP contribution is 2.52. The molecule has 0 unspecified atom stereocenters.